The molecule has 1 rings (SSSR count). The summed E-state index contributed by atoms with van der Waals surface area (Å²) in [6.07, 6.45) is 3.26. The minimum absolute atomic E-state index is 0.299. The monoisotopic (exact) mass is 215 g/mol. The molecule has 0 spiro atoms. The van der Waals surface area contributed by atoms with Crippen LogP contribution in [-0.4, -0.2) is 49.0 Å². The highest BCUT2D eigenvalue weighted by atomic mass is 16.5. The van der Waals surface area contributed by atoms with Gasteiger partial charge in [0.05, 0.1) is 0 Å². The van der Waals surface area contributed by atoms with E-state index in [0.29, 0.717) is 18.1 Å². The molecule has 1 N–H and O–H groups in total. The zero-order chi connectivity index (χ0) is 11.3. The van der Waals surface area contributed by atoms with Gasteiger partial charge in [0.2, 0.25) is 0 Å². The van der Waals surface area contributed by atoms with Crippen LogP contribution in [-0.2, 0) is 4.74 Å². The zero-order valence-corrected chi connectivity index (χ0v) is 10.3. The SMILES string of the molecule is COCCCN1CC(CCO)CC1(C)C. The fourth-order valence-electron chi connectivity index (χ4n) is 2.63. The van der Waals surface area contributed by atoms with Crippen molar-refractivity contribution in [1.82, 2.24) is 4.90 Å². The number of rotatable bonds is 6. The van der Waals surface area contributed by atoms with E-state index in [4.69, 9.17) is 9.84 Å². The molecule has 90 valence electrons. The molecule has 0 saturated carbocycles. The van der Waals surface area contributed by atoms with Crippen molar-refractivity contribution in [3.8, 4) is 0 Å². The van der Waals surface area contributed by atoms with E-state index in [1.165, 1.54) is 6.42 Å². The van der Waals surface area contributed by atoms with E-state index < -0.39 is 0 Å². The second-order valence-electron chi connectivity index (χ2n) is 5.19. The van der Waals surface area contributed by atoms with Gasteiger partial charge in [-0.2, -0.15) is 0 Å². The summed E-state index contributed by atoms with van der Waals surface area (Å²) in [4.78, 5) is 2.53. The maximum Gasteiger partial charge on any atom is 0.0474 e. The second kappa shape index (κ2) is 5.83. The quantitative estimate of drug-likeness (QED) is 0.682. The number of hydrogen-bond donors (Lipinski definition) is 1. The first-order valence-corrected chi connectivity index (χ1v) is 5.95. The predicted molar refractivity (Wildman–Crippen MR) is 62.0 cm³/mol. The Balaban J connectivity index is 2.36. The van der Waals surface area contributed by atoms with Gasteiger partial charge in [-0.25, -0.2) is 0 Å². The molecule has 1 heterocycles. The Morgan fingerprint density at radius 1 is 1.47 bits per heavy atom. The van der Waals surface area contributed by atoms with Crippen LogP contribution in [0.5, 0.6) is 0 Å². The summed E-state index contributed by atoms with van der Waals surface area (Å²) in [6, 6.07) is 0. The maximum atomic E-state index is 8.96. The third-order valence-corrected chi connectivity index (χ3v) is 3.44. The third-order valence-electron chi connectivity index (χ3n) is 3.44. The number of nitrogens with zero attached hydrogens (tertiary/aromatic N) is 1. The van der Waals surface area contributed by atoms with Crippen molar-refractivity contribution < 1.29 is 9.84 Å². The van der Waals surface area contributed by atoms with Crippen molar-refractivity contribution in [2.75, 3.05) is 33.4 Å². The van der Waals surface area contributed by atoms with E-state index >= 15 is 0 Å². The third kappa shape index (κ3) is 3.74. The number of hydrogen-bond acceptors (Lipinski definition) is 3. The summed E-state index contributed by atoms with van der Waals surface area (Å²) in [5.74, 6) is 0.674. The summed E-state index contributed by atoms with van der Waals surface area (Å²) >= 11 is 0. The lowest BCUT2D eigenvalue weighted by Gasteiger charge is -2.31. The van der Waals surface area contributed by atoms with Crippen LogP contribution in [0, 0.1) is 5.92 Å². The molecule has 1 aliphatic rings. The van der Waals surface area contributed by atoms with E-state index in [0.717, 1.165) is 32.5 Å². The molecule has 1 unspecified atom stereocenters. The molecule has 0 aromatic rings. The average Bonchev–Trinajstić information content (AvgIpc) is 2.42. The molecule has 1 atom stereocenters. The van der Waals surface area contributed by atoms with Gasteiger partial charge in [-0.05, 0) is 39.0 Å². The first-order valence-electron chi connectivity index (χ1n) is 5.95. The Bertz CT molecular complexity index is 182. The van der Waals surface area contributed by atoms with Crippen molar-refractivity contribution in [1.29, 1.82) is 0 Å². The average molecular weight is 215 g/mol. The molecule has 0 bridgehead atoms. The lowest BCUT2D eigenvalue weighted by molar-refractivity contribution is 0.137. The van der Waals surface area contributed by atoms with Crippen LogP contribution in [0.1, 0.15) is 33.1 Å². The van der Waals surface area contributed by atoms with Crippen molar-refractivity contribution in [3.05, 3.63) is 0 Å². The van der Waals surface area contributed by atoms with Crippen LogP contribution in [0.3, 0.4) is 0 Å². The molecule has 0 amide bonds. The van der Waals surface area contributed by atoms with E-state index in [1.54, 1.807) is 7.11 Å². The normalized spacial score (nSPS) is 26.0. The summed E-state index contributed by atoms with van der Waals surface area (Å²) in [5.41, 5.74) is 0.299. The molecule has 3 nitrogen and oxygen atoms in total. The van der Waals surface area contributed by atoms with Crippen LogP contribution >= 0.6 is 0 Å². The molecule has 1 fully saturated rings. The molecular weight excluding hydrogens is 190 g/mol. The molecule has 0 aromatic heterocycles. The van der Waals surface area contributed by atoms with Gasteiger partial charge in [0.25, 0.3) is 0 Å². The van der Waals surface area contributed by atoms with Crippen LogP contribution in [0.25, 0.3) is 0 Å². The van der Waals surface area contributed by atoms with Crippen molar-refractivity contribution in [2.45, 2.75) is 38.6 Å². The van der Waals surface area contributed by atoms with Gasteiger partial charge in [-0.1, -0.05) is 0 Å². The van der Waals surface area contributed by atoms with Crippen LogP contribution in [0.4, 0.5) is 0 Å². The standard InChI is InChI=1S/C12H25NO2/c1-12(2)9-11(5-7-14)10-13(12)6-4-8-15-3/h11,14H,4-10H2,1-3H3. The second-order valence-corrected chi connectivity index (χ2v) is 5.19. The lowest BCUT2D eigenvalue weighted by atomic mass is 9.94. The van der Waals surface area contributed by atoms with Crippen LogP contribution < -0.4 is 0 Å². The number of aliphatic hydroxyl groups excluding tert-OH is 1. The van der Waals surface area contributed by atoms with E-state index in [9.17, 15) is 0 Å². The predicted octanol–water partition coefficient (Wildman–Crippen LogP) is 1.51. The molecule has 0 aliphatic carbocycles. The van der Waals surface area contributed by atoms with Gasteiger partial charge < -0.3 is 9.84 Å². The Morgan fingerprint density at radius 2 is 2.20 bits per heavy atom. The maximum absolute atomic E-state index is 8.96. The summed E-state index contributed by atoms with van der Waals surface area (Å²) in [5, 5.41) is 8.96. The molecule has 1 saturated heterocycles. The summed E-state index contributed by atoms with van der Waals surface area (Å²) < 4.78 is 5.08. The van der Waals surface area contributed by atoms with E-state index in [1.807, 2.05) is 0 Å². The highest BCUT2D eigenvalue weighted by Crippen LogP contribution is 2.34. The number of methoxy groups -OCH3 is 1. The Kier molecular flexibility index (Phi) is 5.03. The van der Waals surface area contributed by atoms with Gasteiger partial charge in [-0.3, -0.25) is 4.90 Å². The molecular formula is C12H25NO2. The highest BCUT2D eigenvalue weighted by molar-refractivity contribution is 4.92. The number of aliphatic hydroxyl groups is 1. The first-order chi connectivity index (χ1) is 7.10. The lowest BCUT2D eigenvalue weighted by Crippen LogP contribution is -2.39. The molecule has 0 aromatic carbocycles. The summed E-state index contributed by atoms with van der Waals surface area (Å²) in [7, 11) is 1.75. The number of likely N-dealkylation sites (tertiary alicyclic amines) is 1. The minimum Gasteiger partial charge on any atom is -0.396 e. The molecule has 1 aliphatic heterocycles. The van der Waals surface area contributed by atoms with Gasteiger partial charge in [0.1, 0.15) is 0 Å². The first kappa shape index (κ1) is 12.9. The van der Waals surface area contributed by atoms with Crippen molar-refractivity contribution >= 4 is 0 Å². The van der Waals surface area contributed by atoms with Crippen LogP contribution in [0.2, 0.25) is 0 Å². The largest absolute Gasteiger partial charge is 0.396 e. The fourth-order valence-corrected chi connectivity index (χ4v) is 2.63. The molecule has 15 heavy (non-hydrogen) atoms. The Hall–Kier alpha value is -0.120. The van der Waals surface area contributed by atoms with E-state index in [2.05, 4.69) is 18.7 Å². The Morgan fingerprint density at radius 3 is 2.80 bits per heavy atom. The fraction of sp³-hybridized carbons (Fsp3) is 1.00. The van der Waals surface area contributed by atoms with Crippen LogP contribution in [0.15, 0.2) is 0 Å². The van der Waals surface area contributed by atoms with Crippen molar-refractivity contribution in [2.24, 2.45) is 5.92 Å². The number of ether oxygens (including phenoxy) is 1. The summed E-state index contributed by atoms with van der Waals surface area (Å²) in [6.45, 7) is 8.03. The molecule has 0 radical (unpaired) electrons. The smallest absolute Gasteiger partial charge is 0.0474 e. The van der Waals surface area contributed by atoms with Gasteiger partial charge in [0.15, 0.2) is 0 Å². The highest BCUT2D eigenvalue weighted by Gasteiger charge is 2.37. The zero-order valence-electron chi connectivity index (χ0n) is 10.3. The van der Waals surface area contributed by atoms with Gasteiger partial charge >= 0.3 is 0 Å². The Labute approximate surface area is 93.4 Å². The van der Waals surface area contributed by atoms with Gasteiger partial charge in [0, 0.05) is 39.0 Å². The topological polar surface area (TPSA) is 32.7 Å². The van der Waals surface area contributed by atoms with Gasteiger partial charge in [-0.15, -0.1) is 0 Å². The van der Waals surface area contributed by atoms with Crippen molar-refractivity contribution in [3.63, 3.8) is 0 Å². The van der Waals surface area contributed by atoms with E-state index in [-0.39, 0.29) is 0 Å². The molecule has 3 heteroatoms. The minimum atomic E-state index is 0.299.